The Balaban J connectivity index is 0.00000363. The standard InChI is InChI=1S/C24H28N2O5.Na/c1-3-31-24(30)19(14-13-17-9-5-4-6-10-17)25-16(2)22(27)26-20-12-8-7-11-18(20)15-21(26)23(28)29;/h4-12,16,19,21,25H,3,13-15H2,1-2H3,(H,28,29);/q;+1/p-1. The van der Waals surface area contributed by atoms with Crippen LogP contribution in [0.15, 0.2) is 54.6 Å². The van der Waals surface area contributed by atoms with Gasteiger partial charge in [0.05, 0.1) is 24.7 Å². The average molecular weight is 446 g/mol. The number of ether oxygens (including phenoxy) is 1. The maximum absolute atomic E-state index is 13.2. The normalized spacial score (nSPS) is 16.4. The van der Waals surface area contributed by atoms with E-state index in [2.05, 4.69) is 5.32 Å². The van der Waals surface area contributed by atoms with E-state index >= 15 is 0 Å². The SMILES string of the molecule is CCOC(=O)C(CCc1ccccc1)NC(C)C(=O)N1c2ccccc2CC1C(=O)[O-].[Na+]. The summed E-state index contributed by atoms with van der Waals surface area (Å²) in [6, 6.07) is 14.3. The molecule has 0 bridgehead atoms. The summed E-state index contributed by atoms with van der Waals surface area (Å²) in [5.41, 5.74) is 2.42. The molecule has 0 saturated carbocycles. The van der Waals surface area contributed by atoms with Crippen LogP contribution in [0.5, 0.6) is 0 Å². The van der Waals surface area contributed by atoms with E-state index in [1.165, 1.54) is 4.90 Å². The van der Waals surface area contributed by atoms with Gasteiger partial charge in [-0.1, -0.05) is 48.5 Å². The van der Waals surface area contributed by atoms with Gasteiger partial charge in [0.1, 0.15) is 6.04 Å². The molecule has 1 aliphatic rings. The third-order valence-electron chi connectivity index (χ3n) is 5.44. The van der Waals surface area contributed by atoms with Crippen LogP contribution in [-0.2, 0) is 32.0 Å². The molecule has 164 valence electrons. The number of aryl methyl sites for hydroxylation is 1. The topological polar surface area (TPSA) is 98.8 Å². The van der Waals surface area contributed by atoms with E-state index in [-0.39, 0.29) is 42.6 Å². The zero-order valence-electron chi connectivity index (χ0n) is 18.7. The molecule has 7 nitrogen and oxygen atoms in total. The number of benzene rings is 2. The molecule has 1 amide bonds. The first-order chi connectivity index (χ1) is 14.9. The van der Waals surface area contributed by atoms with E-state index in [9.17, 15) is 19.5 Å². The fourth-order valence-electron chi connectivity index (χ4n) is 3.90. The van der Waals surface area contributed by atoms with Crippen LogP contribution in [0.4, 0.5) is 5.69 Å². The molecule has 2 aromatic rings. The first-order valence-electron chi connectivity index (χ1n) is 10.5. The molecule has 32 heavy (non-hydrogen) atoms. The van der Waals surface area contributed by atoms with E-state index in [0.29, 0.717) is 18.5 Å². The predicted octanol–water partition coefficient (Wildman–Crippen LogP) is -1.76. The van der Waals surface area contributed by atoms with E-state index < -0.39 is 36.0 Å². The number of fused-ring (bicyclic) bond motifs is 1. The average Bonchev–Trinajstić information content (AvgIpc) is 3.16. The fraction of sp³-hybridized carbons (Fsp3) is 0.375. The summed E-state index contributed by atoms with van der Waals surface area (Å²) in [6.07, 6.45) is 1.28. The van der Waals surface area contributed by atoms with Crippen molar-refractivity contribution >= 4 is 23.5 Å². The van der Waals surface area contributed by atoms with Crippen molar-refractivity contribution in [2.24, 2.45) is 0 Å². The molecule has 1 aliphatic heterocycles. The van der Waals surface area contributed by atoms with Crippen molar-refractivity contribution < 1.29 is 53.8 Å². The molecule has 0 radical (unpaired) electrons. The van der Waals surface area contributed by atoms with Gasteiger partial charge in [0, 0.05) is 12.1 Å². The van der Waals surface area contributed by atoms with Gasteiger partial charge in [-0.2, -0.15) is 0 Å². The Morgan fingerprint density at radius 1 is 1.12 bits per heavy atom. The number of esters is 1. The van der Waals surface area contributed by atoms with Crippen LogP contribution in [0.2, 0.25) is 0 Å². The number of amides is 1. The minimum atomic E-state index is -1.30. The van der Waals surface area contributed by atoms with Crippen LogP contribution in [0.1, 0.15) is 31.4 Å². The summed E-state index contributed by atoms with van der Waals surface area (Å²) in [4.78, 5) is 38.7. The molecule has 0 saturated heterocycles. The van der Waals surface area contributed by atoms with Gasteiger partial charge in [-0.15, -0.1) is 0 Å². The Kier molecular flexibility index (Phi) is 9.90. The second-order valence-corrected chi connectivity index (χ2v) is 7.59. The smallest absolute Gasteiger partial charge is 0.548 e. The summed E-state index contributed by atoms with van der Waals surface area (Å²) >= 11 is 0. The third-order valence-corrected chi connectivity index (χ3v) is 5.44. The van der Waals surface area contributed by atoms with Crippen molar-refractivity contribution in [3.8, 4) is 0 Å². The molecule has 0 aromatic heterocycles. The van der Waals surface area contributed by atoms with Crippen LogP contribution in [0.25, 0.3) is 0 Å². The number of para-hydroxylation sites is 1. The van der Waals surface area contributed by atoms with E-state index in [0.717, 1.165) is 11.1 Å². The van der Waals surface area contributed by atoms with Crippen molar-refractivity contribution in [3.05, 3.63) is 65.7 Å². The molecule has 3 rings (SSSR count). The summed E-state index contributed by atoms with van der Waals surface area (Å²) in [7, 11) is 0. The first kappa shape index (κ1) is 26.1. The zero-order valence-corrected chi connectivity index (χ0v) is 20.7. The molecule has 3 unspecified atom stereocenters. The summed E-state index contributed by atoms with van der Waals surface area (Å²) in [5, 5.41) is 14.7. The van der Waals surface area contributed by atoms with E-state index in [4.69, 9.17) is 4.74 Å². The molecule has 0 spiro atoms. The number of carbonyl (C=O) groups is 3. The van der Waals surface area contributed by atoms with Crippen molar-refractivity contribution in [1.82, 2.24) is 5.32 Å². The molecule has 3 atom stereocenters. The summed E-state index contributed by atoms with van der Waals surface area (Å²) < 4.78 is 5.18. The molecule has 0 fully saturated rings. The van der Waals surface area contributed by atoms with Gasteiger partial charge < -0.3 is 19.5 Å². The number of aliphatic carboxylic acids is 1. The molecule has 1 heterocycles. The number of carbonyl (C=O) groups excluding carboxylic acids is 3. The van der Waals surface area contributed by atoms with Crippen LogP contribution in [-0.4, -0.2) is 42.6 Å². The Labute approximate surface area is 210 Å². The predicted molar refractivity (Wildman–Crippen MR) is 114 cm³/mol. The van der Waals surface area contributed by atoms with E-state index in [1.54, 1.807) is 38.1 Å². The van der Waals surface area contributed by atoms with Gasteiger partial charge >= 0.3 is 35.5 Å². The van der Waals surface area contributed by atoms with Crippen LogP contribution in [0, 0.1) is 0 Å². The molecule has 2 aromatic carbocycles. The van der Waals surface area contributed by atoms with Crippen molar-refractivity contribution in [1.29, 1.82) is 0 Å². The zero-order chi connectivity index (χ0) is 22.4. The number of rotatable bonds is 9. The second kappa shape index (κ2) is 12.2. The van der Waals surface area contributed by atoms with Gasteiger partial charge in [0.15, 0.2) is 0 Å². The quantitative estimate of drug-likeness (QED) is 0.362. The second-order valence-electron chi connectivity index (χ2n) is 7.59. The van der Waals surface area contributed by atoms with Crippen LogP contribution >= 0.6 is 0 Å². The molecule has 0 aliphatic carbocycles. The van der Waals surface area contributed by atoms with E-state index in [1.807, 2.05) is 30.3 Å². The maximum Gasteiger partial charge on any atom is 1.00 e. The number of hydrogen-bond donors (Lipinski definition) is 1. The van der Waals surface area contributed by atoms with Crippen molar-refractivity contribution in [2.75, 3.05) is 11.5 Å². The van der Waals surface area contributed by atoms with Gasteiger partial charge in [-0.25, -0.2) is 0 Å². The molecular weight excluding hydrogens is 419 g/mol. The summed E-state index contributed by atoms with van der Waals surface area (Å²) in [6.45, 7) is 3.59. The van der Waals surface area contributed by atoms with Crippen molar-refractivity contribution in [3.63, 3.8) is 0 Å². The molecule has 1 N–H and O–H groups in total. The number of carboxylic acid groups (broad SMARTS) is 1. The number of carboxylic acids is 1. The minimum absolute atomic E-state index is 0. The largest absolute Gasteiger partial charge is 1.00 e. The van der Waals surface area contributed by atoms with Crippen LogP contribution < -0.4 is 44.9 Å². The fourth-order valence-corrected chi connectivity index (χ4v) is 3.90. The number of nitrogens with zero attached hydrogens (tertiary/aromatic N) is 1. The third kappa shape index (κ3) is 6.19. The van der Waals surface area contributed by atoms with Crippen LogP contribution in [0.3, 0.4) is 0 Å². The number of nitrogens with one attached hydrogen (secondary N) is 1. The Bertz CT molecular complexity index is 937. The first-order valence-corrected chi connectivity index (χ1v) is 10.5. The monoisotopic (exact) mass is 446 g/mol. The Morgan fingerprint density at radius 2 is 1.78 bits per heavy atom. The summed E-state index contributed by atoms with van der Waals surface area (Å²) in [5.74, 6) is -2.16. The van der Waals surface area contributed by atoms with Crippen molar-refractivity contribution in [2.45, 2.75) is 51.2 Å². The minimum Gasteiger partial charge on any atom is -0.548 e. The number of hydrogen-bond acceptors (Lipinski definition) is 6. The number of anilines is 1. The van der Waals surface area contributed by atoms with Gasteiger partial charge in [0.2, 0.25) is 5.91 Å². The molecule has 8 heteroatoms. The van der Waals surface area contributed by atoms with Gasteiger partial charge in [0.25, 0.3) is 0 Å². The van der Waals surface area contributed by atoms with Gasteiger partial charge in [-0.05, 0) is 43.9 Å². The Morgan fingerprint density at radius 3 is 2.44 bits per heavy atom. The maximum atomic E-state index is 13.2. The molecular formula is C24H27N2NaO5. The van der Waals surface area contributed by atoms with Gasteiger partial charge in [-0.3, -0.25) is 14.9 Å². The Hall–Kier alpha value is -2.19.